The van der Waals surface area contributed by atoms with E-state index >= 15 is 0 Å². The number of anilines is 1. The first kappa shape index (κ1) is 20.4. The summed E-state index contributed by atoms with van der Waals surface area (Å²) < 4.78 is 1.58. The van der Waals surface area contributed by atoms with Crippen LogP contribution in [0.3, 0.4) is 0 Å². The molecule has 0 aliphatic heterocycles. The second-order valence-electron chi connectivity index (χ2n) is 7.76. The molecule has 33 heavy (non-hydrogen) atoms. The highest BCUT2D eigenvalue weighted by Gasteiger charge is 2.11. The van der Waals surface area contributed by atoms with E-state index in [-0.39, 0.29) is 11.5 Å². The van der Waals surface area contributed by atoms with Gasteiger partial charge < -0.3 is 5.32 Å². The fourth-order valence-corrected chi connectivity index (χ4v) is 3.89. The first-order valence-electron chi connectivity index (χ1n) is 10.7. The molecular weight excluding hydrogens is 410 g/mol. The fourth-order valence-electron chi connectivity index (χ4n) is 3.89. The van der Waals surface area contributed by atoms with E-state index in [1.54, 1.807) is 34.9 Å². The maximum atomic E-state index is 13.0. The number of nitrogens with zero attached hydrogens (tertiary/aromatic N) is 2. The Balaban J connectivity index is 1.36. The Morgan fingerprint density at radius 2 is 1.39 bits per heavy atom. The lowest BCUT2D eigenvalue weighted by Gasteiger charge is -2.12. The summed E-state index contributed by atoms with van der Waals surface area (Å²) in [6, 6.07) is 32.0. The highest BCUT2D eigenvalue weighted by Crippen LogP contribution is 2.20. The number of aromatic nitrogens is 2. The average molecular weight is 431 g/mol. The zero-order valence-corrected chi connectivity index (χ0v) is 18.0. The highest BCUT2D eigenvalue weighted by atomic mass is 16.1. The number of amides is 1. The van der Waals surface area contributed by atoms with Gasteiger partial charge in [0.15, 0.2) is 0 Å². The summed E-state index contributed by atoms with van der Waals surface area (Å²) in [6.45, 7) is 1.81. The molecule has 0 spiro atoms. The van der Waals surface area contributed by atoms with Crippen molar-refractivity contribution in [3.05, 3.63) is 125 Å². The van der Waals surface area contributed by atoms with Crippen molar-refractivity contribution < 1.29 is 4.79 Å². The van der Waals surface area contributed by atoms with E-state index in [1.165, 1.54) is 0 Å². The summed E-state index contributed by atoms with van der Waals surface area (Å²) in [6.07, 6.45) is 0. The van der Waals surface area contributed by atoms with Gasteiger partial charge in [0.25, 0.3) is 11.5 Å². The van der Waals surface area contributed by atoms with E-state index in [4.69, 9.17) is 0 Å². The number of aryl methyl sites for hydroxylation is 1. The zero-order chi connectivity index (χ0) is 22.8. The third-order valence-electron chi connectivity index (χ3n) is 5.58. The van der Waals surface area contributed by atoms with E-state index in [0.717, 1.165) is 11.1 Å². The van der Waals surface area contributed by atoms with Gasteiger partial charge in [-0.3, -0.25) is 14.2 Å². The maximum Gasteiger partial charge on any atom is 0.265 e. The molecule has 5 rings (SSSR count). The predicted octanol–water partition coefficient (Wildman–Crippen LogP) is 5.61. The molecule has 0 unspecified atom stereocenters. The molecule has 5 nitrogen and oxygen atoms in total. The number of fused-ring (bicyclic) bond motifs is 1. The van der Waals surface area contributed by atoms with Gasteiger partial charge in [-0.1, -0.05) is 54.6 Å². The van der Waals surface area contributed by atoms with Gasteiger partial charge in [0.2, 0.25) is 0 Å². The van der Waals surface area contributed by atoms with Crippen LogP contribution in [0.15, 0.2) is 108 Å². The van der Waals surface area contributed by atoms with E-state index in [2.05, 4.69) is 10.3 Å². The third-order valence-corrected chi connectivity index (χ3v) is 5.58. The van der Waals surface area contributed by atoms with Crippen molar-refractivity contribution in [2.45, 2.75) is 6.92 Å². The number of nitrogens with one attached hydrogen (secondary N) is 1. The van der Waals surface area contributed by atoms with Gasteiger partial charge in [0, 0.05) is 11.3 Å². The van der Waals surface area contributed by atoms with Gasteiger partial charge in [0.05, 0.1) is 16.6 Å². The first-order valence-corrected chi connectivity index (χ1v) is 10.7. The largest absolute Gasteiger partial charge is 0.322 e. The minimum atomic E-state index is -0.192. The molecular formula is C28H21N3O2. The number of hydrogen-bond acceptors (Lipinski definition) is 3. The molecule has 0 bridgehead atoms. The first-order chi connectivity index (χ1) is 16.1. The summed E-state index contributed by atoms with van der Waals surface area (Å²) in [5.74, 6) is 0.414. The minimum absolute atomic E-state index is 0.117. The molecule has 1 heterocycles. The molecule has 160 valence electrons. The van der Waals surface area contributed by atoms with Crippen molar-refractivity contribution in [1.29, 1.82) is 0 Å². The van der Waals surface area contributed by atoms with Gasteiger partial charge in [-0.05, 0) is 66.6 Å². The summed E-state index contributed by atoms with van der Waals surface area (Å²) in [7, 11) is 0. The summed E-state index contributed by atoms with van der Waals surface area (Å²) in [5, 5.41) is 3.48. The molecule has 1 amide bonds. The molecule has 0 atom stereocenters. The third kappa shape index (κ3) is 4.04. The average Bonchev–Trinajstić information content (AvgIpc) is 2.86. The van der Waals surface area contributed by atoms with Crippen molar-refractivity contribution in [2.24, 2.45) is 0 Å². The second kappa shape index (κ2) is 8.55. The Morgan fingerprint density at radius 3 is 2.12 bits per heavy atom. The normalized spacial score (nSPS) is 10.8. The predicted molar refractivity (Wildman–Crippen MR) is 132 cm³/mol. The maximum absolute atomic E-state index is 13.0. The number of hydrogen-bond donors (Lipinski definition) is 1. The van der Waals surface area contributed by atoms with Crippen LogP contribution >= 0.6 is 0 Å². The Kier molecular flexibility index (Phi) is 5.29. The van der Waals surface area contributed by atoms with Crippen LogP contribution in [0, 0.1) is 6.92 Å². The Hall–Kier alpha value is -4.51. The molecule has 0 saturated carbocycles. The van der Waals surface area contributed by atoms with Crippen LogP contribution in [0.1, 0.15) is 16.2 Å². The van der Waals surface area contributed by atoms with Gasteiger partial charge in [0.1, 0.15) is 5.82 Å². The SMILES string of the molecule is Cc1nc2ccccc2c(=O)n1-c1ccc(NC(=O)c2ccc(-c3ccccc3)cc2)cc1. The van der Waals surface area contributed by atoms with Crippen LogP contribution in [0.25, 0.3) is 27.7 Å². The minimum Gasteiger partial charge on any atom is -0.322 e. The molecule has 1 N–H and O–H groups in total. The van der Waals surface area contributed by atoms with Gasteiger partial charge in [-0.2, -0.15) is 0 Å². The number of carbonyl (C=O) groups is 1. The van der Waals surface area contributed by atoms with E-state index < -0.39 is 0 Å². The van der Waals surface area contributed by atoms with Crippen LogP contribution in [0.2, 0.25) is 0 Å². The van der Waals surface area contributed by atoms with Crippen LogP contribution < -0.4 is 10.9 Å². The molecule has 0 aliphatic carbocycles. The number of para-hydroxylation sites is 1. The zero-order valence-electron chi connectivity index (χ0n) is 18.0. The second-order valence-corrected chi connectivity index (χ2v) is 7.76. The fraction of sp³-hybridized carbons (Fsp3) is 0.0357. The number of benzene rings is 4. The molecule has 0 saturated heterocycles. The molecule has 0 aliphatic rings. The molecule has 0 radical (unpaired) electrons. The topological polar surface area (TPSA) is 64.0 Å². The van der Waals surface area contributed by atoms with E-state index in [9.17, 15) is 9.59 Å². The van der Waals surface area contributed by atoms with Gasteiger partial charge in [-0.15, -0.1) is 0 Å². The molecule has 1 aromatic heterocycles. The Bertz CT molecular complexity index is 1500. The van der Waals surface area contributed by atoms with E-state index in [1.807, 2.05) is 79.7 Å². The lowest BCUT2D eigenvalue weighted by molar-refractivity contribution is 0.102. The van der Waals surface area contributed by atoms with Crippen LogP contribution in [-0.4, -0.2) is 15.5 Å². The highest BCUT2D eigenvalue weighted by molar-refractivity contribution is 6.04. The van der Waals surface area contributed by atoms with Gasteiger partial charge in [-0.25, -0.2) is 4.98 Å². The lowest BCUT2D eigenvalue weighted by Crippen LogP contribution is -2.22. The quantitative estimate of drug-likeness (QED) is 0.402. The summed E-state index contributed by atoms with van der Waals surface area (Å²) in [4.78, 5) is 30.2. The number of rotatable bonds is 4. The lowest BCUT2D eigenvalue weighted by atomic mass is 10.0. The van der Waals surface area contributed by atoms with Crippen molar-refractivity contribution in [3.63, 3.8) is 0 Å². The Labute approximate surface area is 191 Å². The molecule has 5 aromatic rings. The molecule has 5 heteroatoms. The standard InChI is InChI=1S/C28H21N3O2/c1-19-29-26-10-6-5-9-25(26)28(33)31(19)24-17-15-23(16-18-24)30-27(32)22-13-11-21(12-14-22)20-7-3-2-4-8-20/h2-18H,1H3,(H,30,32). The van der Waals surface area contributed by atoms with Crippen LogP contribution in [-0.2, 0) is 0 Å². The smallest absolute Gasteiger partial charge is 0.265 e. The van der Waals surface area contributed by atoms with Crippen LogP contribution in [0.4, 0.5) is 5.69 Å². The summed E-state index contributed by atoms with van der Waals surface area (Å²) >= 11 is 0. The van der Waals surface area contributed by atoms with Crippen molar-refractivity contribution in [3.8, 4) is 16.8 Å². The molecule has 4 aromatic carbocycles. The van der Waals surface area contributed by atoms with Crippen LogP contribution in [0.5, 0.6) is 0 Å². The summed E-state index contributed by atoms with van der Waals surface area (Å²) in [5.41, 5.74) is 4.64. The Morgan fingerprint density at radius 1 is 0.758 bits per heavy atom. The van der Waals surface area contributed by atoms with Gasteiger partial charge >= 0.3 is 0 Å². The molecule has 0 fully saturated rings. The van der Waals surface area contributed by atoms with Crippen molar-refractivity contribution in [1.82, 2.24) is 9.55 Å². The van der Waals surface area contributed by atoms with Crippen molar-refractivity contribution in [2.75, 3.05) is 5.32 Å². The van der Waals surface area contributed by atoms with E-state index in [0.29, 0.717) is 33.7 Å². The monoisotopic (exact) mass is 431 g/mol. The number of carbonyl (C=O) groups excluding carboxylic acids is 1. The van der Waals surface area contributed by atoms with Crippen molar-refractivity contribution >= 4 is 22.5 Å².